The zero-order valence-corrected chi connectivity index (χ0v) is 11.9. The number of carbonyl (C=O) groups is 2. The van der Waals surface area contributed by atoms with E-state index < -0.39 is 18.1 Å². The van der Waals surface area contributed by atoms with Crippen LogP contribution in [0.4, 0.5) is 4.79 Å². The van der Waals surface area contributed by atoms with Crippen molar-refractivity contribution in [3.63, 3.8) is 0 Å². The first-order valence-corrected chi connectivity index (χ1v) is 6.68. The lowest BCUT2D eigenvalue weighted by molar-refractivity contribution is -0.145. The largest absolute Gasteiger partial charge is 0.464 e. The van der Waals surface area contributed by atoms with Gasteiger partial charge in [-0.25, -0.2) is 9.59 Å². The molecule has 0 spiro atoms. The molecule has 1 rings (SSSR count). The van der Waals surface area contributed by atoms with Crippen LogP contribution in [0, 0.1) is 11.3 Å². The van der Waals surface area contributed by atoms with Gasteiger partial charge >= 0.3 is 12.1 Å². The molecule has 1 amide bonds. The van der Waals surface area contributed by atoms with Crippen LogP contribution in [0.5, 0.6) is 0 Å². The lowest BCUT2D eigenvalue weighted by atomic mass is 10.2. The Kier molecular flexibility index (Phi) is 7.36. The summed E-state index contributed by atoms with van der Waals surface area (Å²) in [6, 6.07) is 10.2. The Balaban J connectivity index is 2.47. The van der Waals surface area contributed by atoms with Gasteiger partial charge in [-0.1, -0.05) is 30.3 Å². The van der Waals surface area contributed by atoms with Crippen molar-refractivity contribution < 1.29 is 19.1 Å². The Hall–Kier alpha value is -2.55. The summed E-state index contributed by atoms with van der Waals surface area (Å²) in [6.45, 7) is 2.00. The molecule has 0 radical (unpaired) electrons. The van der Waals surface area contributed by atoms with Gasteiger partial charge in [0.2, 0.25) is 0 Å². The molecule has 0 unspecified atom stereocenters. The van der Waals surface area contributed by atoms with E-state index in [1.807, 2.05) is 36.4 Å². The van der Waals surface area contributed by atoms with E-state index in [-0.39, 0.29) is 26.1 Å². The van der Waals surface area contributed by atoms with Gasteiger partial charge < -0.3 is 14.8 Å². The van der Waals surface area contributed by atoms with Gasteiger partial charge in [-0.15, -0.1) is 0 Å². The van der Waals surface area contributed by atoms with E-state index in [0.717, 1.165) is 5.56 Å². The molecule has 21 heavy (non-hydrogen) atoms. The standard InChI is InChI=1S/C15H18N2O4/c1-2-20-14(18)13(9-6-10-16)17-15(19)21-11-12-7-4-3-5-8-12/h3-5,7-8,13H,2,6,9,11H2,1H3,(H,17,19)/t13-/m0/s1. The van der Waals surface area contributed by atoms with E-state index >= 15 is 0 Å². The van der Waals surface area contributed by atoms with E-state index in [0.29, 0.717) is 0 Å². The number of benzene rings is 1. The average Bonchev–Trinajstić information content (AvgIpc) is 2.50. The summed E-state index contributed by atoms with van der Waals surface area (Å²) in [7, 11) is 0. The van der Waals surface area contributed by atoms with Gasteiger partial charge in [0, 0.05) is 6.42 Å². The van der Waals surface area contributed by atoms with Crippen molar-refractivity contribution in [2.24, 2.45) is 0 Å². The number of carbonyl (C=O) groups excluding carboxylic acids is 2. The highest BCUT2D eigenvalue weighted by Gasteiger charge is 2.22. The van der Waals surface area contributed by atoms with Gasteiger partial charge in [0.1, 0.15) is 12.6 Å². The molecule has 6 nitrogen and oxygen atoms in total. The van der Waals surface area contributed by atoms with Crippen LogP contribution in [-0.2, 0) is 20.9 Å². The first kappa shape index (κ1) is 16.5. The summed E-state index contributed by atoms with van der Waals surface area (Å²) >= 11 is 0. The van der Waals surface area contributed by atoms with Crippen molar-refractivity contribution in [3.05, 3.63) is 35.9 Å². The summed E-state index contributed by atoms with van der Waals surface area (Å²) in [6.07, 6.45) is -0.382. The van der Waals surface area contributed by atoms with E-state index in [1.54, 1.807) is 6.92 Å². The molecule has 0 aliphatic carbocycles. The van der Waals surface area contributed by atoms with Crippen molar-refractivity contribution in [1.82, 2.24) is 5.32 Å². The number of hydrogen-bond acceptors (Lipinski definition) is 5. The molecule has 0 bridgehead atoms. The molecule has 0 fully saturated rings. The fourth-order valence-corrected chi connectivity index (χ4v) is 1.61. The number of nitrogens with zero attached hydrogens (tertiary/aromatic N) is 1. The van der Waals surface area contributed by atoms with Crippen LogP contribution >= 0.6 is 0 Å². The van der Waals surface area contributed by atoms with Crippen LogP contribution in [0.15, 0.2) is 30.3 Å². The monoisotopic (exact) mass is 290 g/mol. The number of rotatable bonds is 7. The minimum Gasteiger partial charge on any atom is -0.464 e. The second-order valence-corrected chi connectivity index (χ2v) is 4.21. The molecular weight excluding hydrogens is 272 g/mol. The van der Waals surface area contributed by atoms with Gasteiger partial charge in [0.25, 0.3) is 0 Å². The number of nitriles is 1. The number of nitrogens with one attached hydrogen (secondary N) is 1. The SMILES string of the molecule is CCOC(=O)[C@H](CCC#N)NC(=O)OCc1ccccc1. The Morgan fingerprint density at radius 2 is 2.00 bits per heavy atom. The molecule has 0 aliphatic rings. The minimum atomic E-state index is -0.868. The maximum Gasteiger partial charge on any atom is 0.408 e. The molecular formula is C15H18N2O4. The number of hydrogen-bond donors (Lipinski definition) is 1. The number of alkyl carbamates (subject to hydrolysis) is 1. The molecule has 1 atom stereocenters. The number of amides is 1. The molecule has 0 saturated heterocycles. The summed E-state index contributed by atoms with van der Waals surface area (Å²) in [4.78, 5) is 23.3. The van der Waals surface area contributed by atoms with E-state index in [9.17, 15) is 9.59 Å². The van der Waals surface area contributed by atoms with Crippen molar-refractivity contribution in [1.29, 1.82) is 5.26 Å². The van der Waals surface area contributed by atoms with Crippen LogP contribution in [-0.4, -0.2) is 24.7 Å². The minimum absolute atomic E-state index is 0.112. The Morgan fingerprint density at radius 3 is 2.62 bits per heavy atom. The van der Waals surface area contributed by atoms with Crippen LogP contribution < -0.4 is 5.32 Å². The van der Waals surface area contributed by atoms with E-state index in [1.165, 1.54) is 0 Å². The lowest BCUT2D eigenvalue weighted by Crippen LogP contribution is -2.42. The lowest BCUT2D eigenvalue weighted by Gasteiger charge is -2.16. The van der Waals surface area contributed by atoms with Crippen molar-refractivity contribution in [2.75, 3.05) is 6.61 Å². The fraction of sp³-hybridized carbons (Fsp3) is 0.400. The van der Waals surface area contributed by atoms with Crippen LogP contribution in [0.25, 0.3) is 0 Å². The zero-order chi connectivity index (χ0) is 15.5. The predicted molar refractivity (Wildman–Crippen MR) is 75.0 cm³/mol. The Labute approximate surface area is 123 Å². The third kappa shape index (κ3) is 6.43. The Morgan fingerprint density at radius 1 is 1.29 bits per heavy atom. The molecule has 0 aromatic heterocycles. The predicted octanol–water partition coefficient (Wildman–Crippen LogP) is 2.15. The molecule has 6 heteroatoms. The summed E-state index contributed by atoms with van der Waals surface area (Å²) in [5.41, 5.74) is 0.845. The molecule has 1 aromatic rings. The zero-order valence-electron chi connectivity index (χ0n) is 11.9. The van der Waals surface area contributed by atoms with Crippen molar-refractivity contribution in [3.8, 4) is 6.07 Å². The molecule has 1 N–H and O–H groups in total. The average molecular weight is 290 g/mol. The first-order chi connectivity index (χ1) is 10.2. The second-order valence-electron chi connectivity index (χ2n) is 4.21. The number of esters is 1. The molecule has 0 aliphatic heterocycles. The Bertz CT molecular complexity index is 496. The summed E-state index contributed by atoms with van der Waals surface area (Å²) < 4.78 is 9.87. The summed E-state index contributed by atoms with van der Waals surface area (Å²) in [5.74, 6) is -0.565. The third-order valence-electron chi connectivity index (χ3n) is 2.62. The van der Waals surface area contributed by atoms with Crippen LogP contribution in [0.1, 0.15) is 25.3 Å². The topological polar surface area (TPSA) is 88.4 Å². The smallest absolute Gasteiger partial charge is 0.408 e. The van der Waals surface area contributed by atoms with Gasteiger partial charge in [0.15, 0.2) is 0 Å². The quantitative estimate of drug-likeness (QED) is 0.777. The van der Waals surface area contributed by atoms with E-state index in [2.05, 4.69) is 5.32 Å². The maximum absolute atomic E-state index is 11.7. The highest BCUT2D eigenvalue weighted by atomic mass is 16.6. The molecule has 112 valence electrons. The second kappa shape index (κ2) is 9.37. The van der Waals surface area contributed by atoms with E-state index in [4.69, 9.17) is 14.7 Å². The maximum atomic E-state index is 11.7. The first-order valence-electron chi connectivity index (χ1n) is 6.68. The van der Waals surface area contributed by atoms with Crippen LogP contribution in [0.2, 0.25) is 0 Å². The van der Waals surface area contributed by atoms with Gasteiger partial charge in [-0.05, 0) is 18.9 Å². The van der Waals surface area contributed by atoms with Crippen molar-refractivity contribution in [2.45, 2.75) is 32.4 Å². The molecule has 0 saturated carbocycles. The highest BCUT2D eigenvalue weighted by molar-refractivity contribution is 5.81. The fourth-order valence-electron chi connectivity index (χ4n) is 1.61. The molecule has 1 aromatic carbocycles. The van der Waals surface area contributed by atoms with Crippen LogP contribution in [0.3, 0.4) is 0 Å². The third-order valence-corrected chi connectivity index (χ3v) is 2.62. The van der Waals surface area contributed by atoms with Gasteiger partial charge in [-0.2, -0.15) is 5.26 Å². The highest BCUT2D eigenvalue weighted by Crippen LogP contribution is 2.03. The normalized spacial score (nSPS) is 11.0. The van der Waals surface area contributed by atoms with Gasteiger partial charge in [-0.3, -0.25) is 0 Å². The number of ether oxygens (including phenoxy) is 2. The summed E-state index contributed by atoms with van der Waals surface area (Å²) in [5, 5.41) is 11.0. The van der Waals surface area contributed by atoms with Crippen molar-refractivity contribution >= 4 is 12.1 Å². The molecule has 0 heterocycles. The van der Waals surface area contributed by atoms with Gasteiger partial charge in [0.05, 0.1) is 12.7 Å².